The van der Waals surface area contributed by atoms with Gasteiger partial charge >= 0.3 is 11.7 Å². The van der Waals surface area contributed by atoms with Crippen LogP contribution in [0.25, 0.3) is 0 Å². The number of esters is 1. The highest BCUT2D eigenvalue weighted by Crippen LogP contribution is 2.54. The van der Waals surface area contributed by atoms with Crippen molar-refractivity contribution in [3.05, 3.63) is 33.1 Å². The Labute approximate surface area is 183 Å². The minimum Gasteiger partial charge on any atom is -0.470 e. The van der Waals surface area contributed by atoms with Crippen LogP contribution in [-0.2, 0) is 45.1 Å². The van der Waals surface area contributed by atoms with Gasteiger partial charge in [0.1, 0.15) is 24.9 Å². The lowest BCUT2D eigenvalue weighted by Crippen LogP contribution is -2.38. The third-order valence-corrected chi connectivity index (χ3v) is 7.07. The maximum absolute atomic E-state index is 12.3. The number of methoxy groups -OCH3 is 1. The van der Waals surface area contributed by atoms with E-state index in [1.54, 1.807) is 13.8 Å². The first kappa shape index (κ1) is 24.3. The Kier molecular flexibility index (Phi) is 7.25. The molecule has 4 N–H and O–H groups in total. The van der Waals surface area contributed by atoms with Crippen molar-refractivity contribution in [2.24, 2.45) is 5.90 Å². The van der Waals surface area contributed by atoms with Crippen molar-refractivity contribution in [2.75, 3.05) is 13.7 Å². The molecule has 0 spiro atoms. The van der Waals surface area contributed by atoms with E-state index in [-0.39, 0.29) is 6.61 Å². The van der Waals surface area contributed by atoms with E-state index in [1.807, 2.05) is 0 Å². The zero-order valence-electron chi connectivity index (χ0n) is 17.3. The lowest BCUT2D eigenvalue weighted by Gasteiger charge is -2.29. The van der Waals surface area contributed by atoms with E-state index in [0.717, 1.165) is 0 Å². The van der Waals surface area contributed by atoms with Gasteiger partial charge < -0.3 is 31.2 Å². The number of ether oxygens (including phenoxy) is 4. The number of nitrogens with two attached hydrogens (primary N) is 1. The number of hydrogen-bond donors (Lipinski definition) is 3. The highest BCUT2D eigenvalue weighted by atomic mass is 32.7. The van der Waals surface area contributed by atoms with Crippen LogP contribution in [0.2, 0.25) is 0 Å². The van der Waals surface area contributed by atoms with Crippen LogP contribution in [0, 0.1) is 0 Å². The van der Waals surface area contributed by atoms with Crippen molar-refractivity contribution >= 4 is 25.3 Å². The zero-order chi connectivity index (χ0) is 23.0. The number of nitrogens with one attached hydrogen (secondary N) is 2. The van der Waals surface area contributed by atoms with Crippen molar-refractivity contribution in [1.82, 2.24) is 14.6 Å². The summed E-state index contributed by atoms with van der Waals surface area (Å²) >= 11 is 5.30. The van der Waals surface area contributed by atoms with Gasteiger partial charge in [-0.3, -0.25) is 14.3 Å². The van der Waals surface area contributed by atoms with Crippen molar-refractivity contribution in [3.63, 3.8) is 0 Å². The third-order valence-electron chi connectivity index (χ3n) is 4.70. The number of aromatic nitrogens is 2. The molecule has 1 radical (unpaired) electrons. The molecule has 2 aliphatic rings. The second-order valence-electron chi connectivity index (χ2n) is 7.42. The van der Waals surface area contributed by atoms with E-state index in [1.165, 1.54) is 30.9 Å². The Hall–Kier alpha value is -1.35. The van der Waals surface area contributed by atoms with E-state index >= 15 is 0 Å². The quantitative estimate of drug-likeness (QED) is 0.140. The molecule has 1 aromatic heterocycles. The average Bonchev–Trinajstić information content (AvgIpc) is 3.19. The van der Waals surface area contributed by atoms with Crippen LogP contribution in [0.4, 0.5) is 0 Å². The van der Waals surface area contributed by atoms with Gasteiger partial charge in [-0.15, -0.1) is 9.71 Å². The van der Waals surface area contributed by atoms with E-state index in [0.29, 0.717) is 0 Å². The van der Waals surface area contributed by atoms with Gasteiger partial charge in [-0.2, -0.15) is 5.90 Å². The van der Waals surface area contributed by atoms with Gasteiger partial charge in [-0.25, -0.2) is 9.32 Å². The molecule has 2 saturated heterocycles. The van der Waals surface area contributed by atoms with Gasteiger partial charge in [-0.05, 0) is 20.8 Å². The fraction of sp³-hybridized carbons (Fsp3) is 0.688. The Morgan fingerprint density at radius 3 is 2.74 bits per heavy atom. The largest absolute Gasteiger partial charge is 0.594 e. The summed E-state index contributed by atoms with van der Waals surface area (Å²) in [6.45, 7) is 4.84. The molecule has 1 aromatic rings. The average molecular weight is 480 g/mol. The van der Waals surface area contributed by atoms with Crippen LogP contribution in [0.15, 0.2) is 21.9 Å². The predicted molar refractivity (Wildman–Crippen MR) is 109 cm³/mol. The molecule has 0 aromatic carbocycles. The molecule has 0 aliphatic carbocycles. The van der Waals surface area contributed by atoms with Gasteiger partial charge in [0, 0.05) is 12.3 Å². The number of carbonyl (C=O) groups excluding carboxylic acids is 1. The SMILES string of the molecule is C[O+]C(=O)C(C)N[P+]([S-])(ON)OC[C@H]1O[C@@H](n2ccc(=O)[nH]c2=O)[C@@H]2OC(C)(C)O[C@@H]21. The number of nitrogens with zero attached hydrogens (tertiary/aromatic N) is 1. The number of hydrogen-bond acceptors (Lipinski definition) is 12. The van der Waals surface area contributed by atoms with Gasteiger partial charge in [0.15, 0.2) is 19.1 Å². The van der Waals surface area contributed by atoms with Crippen molar-refractivity contribution in [2.45, 2.75) is 57.1 Å². The Morgan fingerprint density at radius 2 is 2.13 bits per heavy atom. The van der Waals surface area contributed by atoms with Crippen LogP contribution in [-0.4, -0.2) is 59.4 Å². The first-order valence-corrected chi connectivity index (χ1v) is 11.9. The minimum atomic E-state index is -3.28. The molecule has 2 unspecified atom stereocenters. The molecule has 2 aliphatic heterocycles. The summed E-state index contributed by atoms with van der Waals surface area (Å²) in [6, 6.07) is 0.374. The molecule has 0 saturated carbocycles. The lowest BCUT2D eigenvalue weighted by atomic mass is 10.1. The second kappa shape index (κ2) is 9.25. The fourth-order valence-corrected chi connectivity index (χ4v) is 5.16. The van der Waals surface area contributed by atoms with Crippen LogP contribution in [0.5, 0.6) is 0 Å². The Balaban J connectivity index is 1.77. The summed E-state index contributed by atoms with van der Waals surface area (Å²) in [6.07, 6.45) is -1.57. The predicted octanol–water partition coefficient (Wildman–Crippen LogP) is -0.763. The topological polar surface area (TPSA) is 167 Å². The molecule has 0 amide bonds. The molecular weight excluding hydrogens is 455 g/mol. The van der Waals surface area contributed by atoms with Crippen molar-refractivity contribution in [1.29, 1.82) is 0 Å². The number of fused-ring (bicyclic) bond motifs is 1. The molecule has 15 heteroatoms. The highest BCUT2D eigenvalue weighted by Gasteiger charge is 2.57. The van der Waals surface area contributed by atoms with E-state index in [4.69, 9.17) is 41.5 Å². The molecule has 3 rings (SSSR count). The van der Waals surface area contributed by atoms with Gasteiger partial charge in [0.25, 0.3) is 12.6 Å². The highest BCUT2D eigenvalue weighted by molar-refractivity contribution is 8.37. The Bertz CT molecular complexity index is 927. The summed E-state index contributed by atoms with van der Waals surface area (Å²) in [5.74, 6) is 3.80. The zero-order valence-corrected chi connectivity index (χ0v) is 19.0. The first-order chi connectivity index (χ1) is 14.5. The molecule has 0 bridgehead atoms. The van der Waals surface area contributed by atoms with Gasteiger partial charge in [-0.1, -0.05) is 0 Å². The molecule has 31 heavy (non-hydrogen) atoms. The van der Waals surface area contributed by atoms with Crippen LogP contribution < -0.4 is 22.2 Å². The maximum Gasteiger partial charge on any atom is 0.594 e. The van der Waals surface area contributed by atoms with Gasteiger partial charge in [0.2, 0.25) is 6.04 Å². The van der Waals surface area contributed by atoms with E-state index in [2.05, 4.69) is 14.8 Å². The lowest BCUT2D eigenvalue weighted by molar-refractivity contribution is -0.200. The molecule has 173 valence electrons. The van der Waals surface area contributed by atoms with Crippen LogP contribution >= 0.6 is 7.07 Å². The summed E-state index contributed by atoms with van der Waals surface area (Å²) in [7, 11) is -2.05. The standard InChI is InChI=1S/C16H25N4O9PS/c1-8(14(22)24-4)19-30(31,29-17)25-7-9-11-12(28-16(2,3)27-11)13(26-9)20-6-5-10(21)18-15(20)23/h5-6,8-9,11-13H,7,17H2,1-4H3,(H,19,31)(H,18,21,23)/q+1/t8?,9-,11-,12-,13-,30?/m1/s1. The van der Waals surface area contributed by atoms with Crippen LogP contribution in [0.3, 0.4) is 0 Å². The van der Waals surface area contributed by atoms with Crippen molar-refractivity contribution in [3.8, 4) is 0 Å². The third kappa shape index (κ3) is 5.35. The number of rotatable bonds is 8. The summed E-state index contributed by atoms with van der Waals surface area (Å²) in [5.41, 5.74) is -1.19. The van der Waals surface area contributed by atoms with Crippen LogP contribution in [0.1, 0.15) is 27.0 Å². The summed E-state index contributed by atoms with van der Waals surface area (Å²) < 4.78 is 34.2. The van der Waals surface area contributed by atoms with E-state index in [9.17, 15) is 14.4 Å². The summed E-state index contributed by atoms with van der Waals surface area (Å²) in [5, 5.41) is 2.71. The van der Waals surface area contributed by atoms with E-state index < -0.39 is 60.7 Å². The molecule has 6 atom stereocenters. The molecule has 3 heterocycles. The normalized spacial score (nSPS) is 29.9. The minimum absolute atomic E-state index is 0.134. The van der Waals surface area contributed by atoms with Crippen molar-refractivity contribution < 1.29 is 32.9 Å². The fourth-order valence-electron chi connectivity index (χ4n) is 3.38. The maximum atomic E-state index is 12.3. The smallest absolute Gasteiger partial charge is 0.470 e. The Morgan fingerprint density at radius 1 is 1.45 bits per heavy atom. The summed E-state index contributed by atoms with van der Waals surface area (Å²) in [4.78, 5) is 37.5. The number of H-pyrrole nitrogens is 1. The molecule has 2 fully saturated rings. The molecule has 13 nitrogen and oxygen atoms in total. The number of aromatic amines is 1. The monoisotopic (exact) mass is 480 g/mol. The first-order valence-electron chi connectivity index (χ1n) is 9.30. The van der Waals surface area contributed by atoms with Gasteiger partial charge in [0.05, 0.1) is 4.79 Å². The molecular formula is C16H25N4O9PS+. The number of carbonyl (C=O) groups is 1. The second-order valence-corrected chi connectivity index (χ2v) is 10.6.